The van der Waals surface area contributed by atoms with Crippen molar-refractivity contribution in [1.82, 2.24) is 15.5 Å². The summed E-state index contributed by atoms with van der Waals surface area (Å²) in [6, 6.07) is 2.18. The molecule has 0 aliphatic carbocycles. The molecule has 3 atom stereocenters. The number of methoxy groups -OCH3 is 1. The number of carbonyl (C=O) groups is 4. The van der Waals surface area contributed by atoms with Crippen LogP contribution in [0.1, 0.15) is 78.0 Å². The quantitative estimate of drug-likeness (QED) is 0.277. The molecule has 0 radical (unpaired) electrons. The summed E-state index contributed by atoms with van der Waals surface area (Å²) < 4.78 is 10.1. The third kappa shape index (κ3) is 11.7. The molecule has 11 heteroatoms. The van der Waals surface area contributed by atoms with Gasteiger partial charge in [0.2, 0.25) is 11.8 Å². The Morgan fingerprint density at radius 1 is 1.07 bits per heavy atom. The van der Waals surface area contributed by atoms with Gasteiger partial charge in [0.15, 0.2) is 0 Å². The van der Waals surface area contributed by atoms with E-state index in [0.29, 0.717) is 35.6 Å². The Morgan fingerprint density at radius 2 is 1.73 bits per heavy atom. The lowest BCUT2D eigenvalue weighted by Gasteiger charge is -2.39. The lowest BCUT2D eigenvalue weighted by molar-refractivity contribution is -0.146. The first-order chi connectivity index (χ1) is 18.6. The molecule has 0 fully saturated rings. The average Bonchev–Trinajstić information content (AvgIpc) is 2.86. The second-order valence-corrected chi connectivity index (χ2v) is 12.3. The third-order valence-electron chi connectivity index (χ3n) is 6.19. The first-order valence-corrected chi connectivity index (χ1v) is 14.9. The molecular formula is C29H47N3O7S. The van der Waals surface area contributed by atoms with Gasteiger partial charge in [-0.3, -0.25) is 14.4 Å². The van der Waals surface area contributed by atoms with Crippen LogP contribution in [-0.4, -0.2) is 77.2 Å². The maximum absolute atomic E-state index is 14.3. The number of carbonyl (C=O) groups excluding carboxylic acids is 4. The number of amides is 3. The topological polar surface area (TPSA) is 134 Å². The Bertz CT molecular complexity index is 1010. The second kappa shape index (κ2) is 16.3. The van der Waals surface area contributed by atoms with Crippen LogP contribution in [0.5, 0.6) is 5.75 Å². The number of benzene rings is 1. The molecule has 1 aromatic carbocycles. The van der Waals surface area contributed by atoms with Gasteiger partial charge in [0.05, 0.1) is 7.11 Å². The van der Waals surface area contributed by atoms with Crippen molar-refractivity contribution in [3.05, 3.63) is 29.3 Å². The zero-order valence-corrected chi connectivity index (χ0v) is 26.1. The molecule has 3 N–H and O–H groups in total. The van der Waals surface area contributed by atoms with Crippen molar-refractivity contribution < 1.29 is 33.8 Å². The summed E-state index contributed by atoms with van der Waals surface area (Å²) in [6.07, 6.45) is 2.89. The molecule has 1 rings (SSSR count). The van der Waals surface area contributed by atoms with Crippen molar-refractivity contribution in [2.75, 3.05) is 25.7 Å². The van der Waals surface area contributed by atoms with Gasteiger partial charge in [-0.15, -0.1) is 0 Å². The zero-order chi connectivity index (χ0) is 30.6. The minimum absolute atomic E-state index is 0.0487. The van der Waals surface area contributed by atoms with E-state index >= 15 is 0 Å². The average molecular weight is 582 g/mol. The van der Waals surface area contributed by atoms with Crippen molar-refractivity contribution in [3.63, 3.8) is 0 Å². The number of nitrogens with zero attached hydrogens (tertiary/aromatic N) is 1. The number of phenolic OH excluding ortho intramolecular Hbond substituents is 1. The third-order valence-corrected chi connectivity index (χ3v) is 6.83. The molecule has 0 spiro atoms. The fraction of sp³-hybridized carbons (Fsp3) is 0.655. The van der Waals surface area contributed by atoms with Gasteiger partial charge in [-0.2, -0.15) is 11.8 Å². The molecule has 0 bridgehead atoms. The van der Waals surface area contributed by atoms with E-state index in [-0.39, 0.29) is 12.3 Å². The van der Waals surface area contributed by atoms with E-state index < -0.39 is 47.6 Å². The second-order valence-electron chi connectivity index (χ2n) is 11.3. The SMILES string of the molecule is COC(=O)CNC(=O)C(c1ccc(O)c(C)c1)N(C(=O)C(CCSC)NC(=O)OC(C)(C)C)C(C)CCC(C)C. The summed E-state index contributed by atoms with van der Waals surface area (Å²) in [7, 11) is 1.22. The predicted octanol–water partition coefficient (Wildman–Crippen LogP) is 4.33. The smallest absolute Gasteiger partial charge is 0.408 e. The molecular weight excluding hydrogens is 534 g/mol. The Morgan fingerprint density at radius 3 is 2.25 bits per heavy atom. The lowest BCUT2D eigenvalue weighted by Crippen LogP contribution is -2.56. The van der Waals surface area contributed by atoms with Crippen molar-refractivity contribution in [1.29, 1.82) is 0 Å². The standard InChI is InChI=1S/C29H47N3O7S/c1-18(2)10-11-20(4)32(27(36)22(14-15-40-9)31-28(37)39-29(5,6)7)25(26(35)30-17-24(34)38-8)21-12-13-23(33)19(3)16-21/h12-13,16,18,20,22,25,33H,10-11,14-15,17H2,1-9H3,(H,30,35)(H,31,37). The van der Waals surface area contributed by atoms with Crippen LogP contribution in [-0.2, 0) is 23.9 Å². The molecule has 1 aromatic rings. The minimum atomic E-state index is -1.14. The number of hydrogen-bond donors (Lipinski definition) is 3. The molecule has 0 heterocycles. The van der Waals surface area contributed by atoms with E-state index in [1.807, 2.05) is 13.2 Å². The van der Waals surface area contributed by atoms with Gasteiger partial charge in [-0.1, -0.05) is 19.9 Å². The van der Waals surface area contributed by atoms with E-state index in [9.17, 15) is 24.3 Å². The molecule has 0 saturated heterocycles. The molecule has 3 amide bonds. The Kier molecular flexibility index (Phi) is 14.3. The van der Waals surface area contributed by atoms with Crippen LogP contribution in [0.25, 0.3) is 0 Å². The first-order valence-electron chi connectivity index (χ1n) is 13.6. The van der Waals surface area contributed by atoms with E-state index in [1.165, 1.54) is 29.8 Å². The number of alkyl carbamates (subject to hydrolysis) is 1. The molecule has 3 unspecified atom stereocenters. The largest absolute Gasteiger partial charge is 0.508 e. The van der Waals surface area contributed by atoms with E-state index in [2.05, 4.69) is 29.2 Å². The van der Waals surface area contributed by atoms with Crippen LogP contribution < -0.4 is 10.6 Å². The number of aryl methyl sites for hydroxylation is 1. The summed E-state index contributed by atoms with van der Waals surface area (Å²) in [5.74, 6) is -0.676. The monoisotopic (exact) mass is 581 g/mol. The number of nitrogens with one attached hydrogen (secondary N) is 2. The first kappa shape index (κ1) is 35.1. The van der Waals surface area contributed by atoms with Gasteiger partial charge in [-0.25, -0.2) is 4.79 Å². The molecule has 0 aliphatic heterocycles. The molecule has 10 nitrogen and oxygen atoms in total. The van der Waals surface area contributed by atoms with Crippen molar-refractivity contribution >= 4 is 35.6 Å². The van der Waals surface area contributed by atoms with E-state index in [0.717, 1.165) is 6.42 Å². The molecule has 40 heavy (non-hydrogen) atoms. The van der Waals surface area contributed by atoms with Crippen molar-refractivity contribution in [3.8, 4) is 5.75 Å². The number of ether oxygens (including phenoxy) is 2. The van der Waals surface area contributed by atoms with Crippen LogP contribution in [0.3, 0.4) is 0 Å². The Balaban J connectivity index is 3.65. The highest BCUT2D eigenvalue weighted by Crippen LogP contribution is 2.30. The van der Waals surface area contributed by atoms with Crippen LogP contribution in [0.15, 0.2) is 18.2 Å². The minimum Gasteiger partial charge on any atom is -0.508 e. The normalized spacial score (nSPS) is 13.7. The zero-order valence-electron chi connectivity index (χ0n) is 25.3. The number of rotatable bonds is 14. The highest BCUT2D eigenvalue weighted by Gasteiger charge is 2.39. The maximum Gasteiger partial charge on any atom is 0.408 e. The summed E-state index contributed by atoms with van der Waals surface area (Å²) in [6.45, 7) is 12.6. The molecule has 0 aliphatic rings. The van der Waals surface area contributed by atoms with Crippen LogP contribution >= 0.6 is 11.8 Å². The molecule has 0 saturated carbocycles. The van der Waals surface area contributed by atoms with Crippen molar-refractivity contribution in [2.45, 2.75) is 91.5 Å². The Labute approximate surface area is 242 Å². The fourth-order valence-electron chi connectivity index (χ4n) is 4.05. The highest BCUT2D eigenvalue weighted by atomic mass is 32.2. The number of esters is 1. The van der Waals surface area contributed by atoms with Crippen LogP contribution in [0.4, 0.5) is 4.79 Å². The van der Waals surface area contributed by atoms with Gasteiger partial charge in [0, 0.05) is 6.04 Å². The predicted molar refractivity (Wildman–Crippen MR) is 157 cm³/mol. The van der Waals surface area contributed by atoms with E-state index in [1.54, 1.807) is 39.8 Å². The molecule has 0 aromatic heterocycles. The van der Waals surface area contributed by atoms with Crippen LogP contribution in [0, 0.1) is 12.8 Å². The fourth-order valence-corrected chi connectivity index (χ4v) is 4.52. The van der Waals surface area contributed by atoms with Gasteiger partial charge in [0.1, 0.15) is 30.0 Å². The van der Waals surface area contributed by atoms with Crippen LogP contribution in [0.2, 0.25) is 0 Å². The lowest BCUT2D eigenvalue weighted by atomic mass is 9.96. The van der Waals surface area contributed by atoms with Gasteiger partial charge < -0.3 is 30.1 Å². The van der Waals surface area contributed by atoms with Gasteiger partial charge >= 0.3 is 12.1 Å². The van der Waals surface area contributed by atoms with Crippen molar-refractivity contribution in [2.24, 2.45) is 5.92 Å². The molecule has 226 valence electrons. The number of hydrogen-bond acceptors (Lipinski definition) is 8. The Hall–Kier alpha value is -2.95. The maximum atomic E-state index is 14.3. The summed E-state index contributed by atoms with van der Waals surface area (Å²) in [5.41, 5.74) is 0.223. The van der Waals surface area contributed by atoms with E-state index in [4.69, 9.17) is 4.74 Å². The summed E-state index contributed by atoms with van der Waals surface area (Å²) in [5, 5.41) is 15.5. The number of aromatic hydroxyl groups is 1. The number of thioether (sulfide) groups is 1. The summed E-state index contributed by atoms with van der Waals surface area (Å²) >= 11 is 1.53. The summed E-state index contributed by atoms with van der Waals surface area (Å²) in [4.78, 5) is 54.1. The highest BCUT2D eigenvalue weighted by molar-refractivity contribution is 7.98. The number of phenols is 1. The van der Waals surface area contributed by atoms with Gasteiger partial charge in [-0.05, 0) is 95.1 Å². The van der Waals surface area contributed by atoms with Gasteiger partial charge in [0.25, 0.3) is 0 Å².